The van der Waals surface area contributed by atoms with E-state index >= 15 is 0 Å². The van der Waals surface area contributed by atoms with Gasteiger partial charge in [-0.05, 0) is 19.3 Å². The first-order valence-corrected chi connectivity index (χ1v) is 2.93. The van der Waals surface area contributed by atoms with Crippen molar-refractivity contribution < 1.29 is 9.90 Å². The highest BCUT2D eigenvalue weighted by atomic mass is 16.3. The molecule has 1 aliphatic rings. The monoisotopic (exact) mass is 114 g/mol. The van der Waals surface area contributed by atoms with Crippen molar-refractivity contribution in [1.29, 1.82) is 0 Å². The lowest BCUT2D eigenvalue weighted by Crippen LogP contribution is -2.05. The first-order valence-electron chi connectivity index (χ1n) is 2.93. The summed E-state index contributed by atoms with van der Waals surface area (Å²) in [4.78, 5) is 9.77. The summed E-state index contributed by atoms with van der Waals surface area (Å²) in [5.74, 6) is 0. The lowest BCUT2D eigenvalue weighted by atomic mass is 10.2. The molecule has 1 fully saturated rings. The van der Waals surface area contributed by atoms with Gasteiger partial charge in [-0.25, -0.2) is 0 Å². The molecule has 2 nitrogen and oxygen atoms in total. The highest BCUT2D eigenvalue weighted by molar-refractivity contribution is 5.49. The van der Waals surface area contributed by atoms with E-state index in [-0.39, 0.29) is 0 Å². The van der Waals surface area contributed by atoms with Crippen LogP contribution in [0.1, 0.15) is 25.7 Å². The van der Waals surface area contributed by atoms with Crippen LogP contribution in [-0.2, 0) is 4.79 Å². The van der Waals surface area contributed by atoms with Crippen LogP contribution in [-0.4, -0.2) is 17.0 Å². The normalized spacial score (nSPS) is 22.6. The second-order valence-electron chi connectivity index (χ2n) is 2.43. The van der Waals surface area contributed by atoms with Gasteiger partial charge in [0.05, 0.1) is 5.60 Å². The summed E-state index contributed by atoms with van der Waals surface area (Å²) >= 11 is 0. The molecule has 0 bridgehead atoms. The average Bonchev–Trinajstić information content (AvgIpc) is 2.45. The molecule has 8 heavy (non-hydrogen) atoms. The van der Waals surface area contributed by atoms with Crippen molar-refractivity contribution in [3.05, 3.63) is 0 Å². The van der Waals surface area contributed by atoms with Crippen LogP contribution in [0.25, 0.3) is 0 Å². The van der Waals surface area contributed by atoms with Crippen LogP contribution in [0.3, 0.4) is 0 Å². The summed E-state index contributed by atoms with van der Waals surface area (Å²) in [6.07, 6.45) is 3.81. The third-order valence-corrected chi connectivity index (χ3v) is 1.55. The number of hydrogen-bond donors (Lipinski definition) is 1. The van der Waals surface area contributed by atoms with Gasteiger partial charge in [-0.1, -0.05) is 0 Å². The van der Waals surface area contributed by atoms with Crippen molar-refractivity contribution in [3.63, 3.8) is 0 Å². The Labute approximate surface area is 48.5 Å². The van der Waals surface area contributed by atoms with Crippen molar-refractivity contribution >= 4 is 6.29 Å². The minimum absolute atomic E-state index is 0.430. The first kappa shape index (κ1) is 5.76. The highest BCUT2D eigenvalue weighted by Gasteiger charge is 2.39. The van der Waals surface area contributed by atoms with E-state index in [1.54, 1.807) is 0 Å². The Balaban J connectivity index is 2.09. The van der Waals surface area contributed by atoms with Gasteiger partial charge in [-0.2, -0.15) is 0 Å². The Morgan fingerprint density at radius 2 is 2.25 bits per heavy atom. The number of carbonyl (C=O) groups is 1. The standard InChI is InChI=1S/C6H10O2/c7-5-1-2-6(8)3-4-6/h5,8H,1-4H2. The zero-order valence-corrected chi connectivity index (χ0v) is 4.76. The molecular weight excluding hydrogens is 104 g/mol. The third kappa shape index (κ3) is 1.30. The largest absolute Gasteiger partial charge is 0.390 e. The van der Waals surface area contributed by atoms with Gasteiger partial charge < -0.3 is 9.90 Å². The van der Waals surface area contributed by atoms with E-state index in [4.69, 9.17) is 5.11 Å². The van der Waals surface area contributed by atoms with Crippen molar-refractivity contribution in [3.8, 4) is 0 Å². The van der Waals surface area contributed by atoms with Crippen LogP contribution in [0.15, 0.2) is 0 Å². The van der Waals surface area contributed by atoms with Gasteiger partial charge in [-0.15, -0.1) is 0 Å². The maximum atomic E-state index is 9.77. The van der Waals surface area contributed by atoms with Crippen LogP contribution >= 0.6 is 0 Å². The smallest absolute Gasteiger partial charge is 0.120 e. The SMILES string of the molecule is O=CCCC1(O)CC1. The number of rotatable bonds is 3. The first-order chi connectivity index (χ1) is 3.77. The van der Waals surface area contributed by atoms with Crippen molar-refractivity contribution in [2.24, 2.45) is 0 Å². The molecule has 0 atom stereocenters. The molecule has 0 amide bonds. The summed E-state index contributed by atoms with van der Waals surface area (Å²) in [5.41, 5.74) is -0.430. The summed E-state index contributed by atoms with van der Waals surface area (Å²) in [7, 11) is 0. The fourth-order valence-corrected chi connectivity index (χ4v) is 0.722. The third-order valence-electron chi connectivity index (χ3n) is 1.55. The van der Waals surface area contributed by atoms with Gasteiger partial charge in [0.25, 0.3) is 0 Å². The van der Waals surface area contributed by atoms with E-state index in [0.29, 0.717) is 12.8 Å². The predicted octanol–water partition coefficient (Wildman–Crippen LogP) is 0.490. The quantitative estimate of drug-likeness (QED) is 0.542. The van der Waals surface area contributed by atoms with Crippen LogP contribution < -0.4 is 0 Å². The molecule has 0 unspecified atom stereocenters. The van der Waals surface area contributed by atoms with Crippen LogP contribution in [0.2, 0.25) is 0 Å². The van der Waals surface area contributed by atoms with E-state index in [2.05, 4.69) is 0 Å². The Hall–Kier alpha value is -0.370. The van der Waals surface area contributed by atoms with Crippen molar-refractivity contribution in [1.82, 2.24) is 0 Å². The Bertz CT molecular complexity index is 94.7. The van der Waals surface area contributed by atoms with Gasteiger partial charge >= 0.3 is 0 Å². The van der Waals surface area contributed by atoms with Gasteiger partial charge in [-0.3, -0.25) is 0 Å². The number of aldehydes is 1. The zero-order chi connectivity index (χ0) is 6.04. The molecule has 46 valence electrons. The minimum atomic E-state index is -0.430. The summed E-state index contributed by atoms with van der Waals surface area (Å²) < 4.78 is 0. The molecule has 2 heteroatoms. The summed E-state index contributed by atoms with van der Waals surface area (Å²) in [6, 6.07) is 0. The Kier molecular flexibility index (Phi) is 1.34. The highest BCUT2D eigenvalue weighted by Crippen LogP contribution is 2.38. The molecule has 1 saturated carbocycles. The predicted molar refractivity (Wildman–Crippen MR) is 29.5 cm³/mol. The number of hydrogen-bond acceptors (Lipinski definition) is 2. The fourth-order valence-electron chi connectivity index (χ4n) is 0.722. The molecule has 0 aromatic carbocycles. The Morgan fingerprint density at radius 1 is 1.62 bits per heavy atom. The molecule has 0 aromatic rings. The van der Waals surface area contributed by atoms with E-state index in [0.717, 1.165) is 19.1 Å². The molecule has 0 aliphatic heterocycles. The topological polar surface area (TPSA) is 37.3 Å². The lowest BCUT2D eigenvalue weighted by molar-refractivity contribution is -0.108. The number of carbonyl (C=O) groups excluding carboxylic acids is 1. The average molecular weight is 114 g/mol. The van der Waals surface area contributed by atoms with E-state index < -0.39 is 5.60 Å². The second kappa shape index (κ2) is 1.86. The van der Waals surface area contributed by atoms with Gasteiger partial charge in [0, 0.05) is 6.42 Å². The van der Waals surface area contributed by atoms with Gasteiger partial charge in [0.1, 0.15) is 6.29 Å². The van der Waals surface area contributed by atoms with Crippen molar-refractivity contribution in [2.75, 3.05) is 0 Å². The number of aliphatic hydroxyl groups is 1. The maximum Gasteiger partial charge on any atom is 0.120 e. The second-order valence-corrected chi connectivity index (χ2v) is 2.43. The Morgan fingerprint density at radius 3 is 2.62 bits per heavy atom. The van der Waals surface area contributed by atoms with Crippen LogP contribution in [0.4, 0.5) is 0 Å². The van der Waals surface area contributed by atoms with Crippen molar-refractivity contribution in [2.45, 2.75) is 31.3 Å². The molecule has 0 saturated heterocycles. The minimum Gasteiger partial charge on any atom is -0.390 e. The van der Waals surface area contributed by atoms with E-state index in [1.165, 1.54) is 0 Å². The molecule has 1 aliphatic carbocycles. The zero-order valence-electron chi connectivity index (χ0n) is 4.76. The molecular formula is C6H10O2. The molecule has 0 aromatic heterocycles. The maximum absolute atomic E-state index is 9.77. The van der Waals surface area contributed by atoms with Gasteiger partial charge in [0.15, 0.2) is 0 Å². The molecule has 0 heterocycles. The summed E-state index contributed by atoms with van der Waals surface area (Å²) in [6.45, 7) is 0. The van der Waals surface area contributed by atoms with E-state index in [1.807, 2.05) is 0 Å². The van der Waals surface area contributed by atoms with E-state index in [9.17, 15) is 4.79 Å². The molecule has 0 spiro atoms. The fraction of sp³-hybridized carbons (Fsp3) is 0.833. The summed E-state index contributed by atoms with van der Waals surface area (Å²) in [5, 5.41) is 9.10. The van der Waals surface area contributed by atoms with Gasteiger partial charge in [0.2, 0.25) is 0 Å². The molecule has 1 N–H and O–H groups in total. The van der Waals surface area contributed by atoms with Crippen LogP contribution in [0, 0.1) is 0 Å². The lowest BCUT2D eigenvalue weighted by Gasteiger charge is -2.00. The molecule has 1 rings (SSSR count). The molecule has 0 radical (unpaired) electrons. The van der Waals surface area contributed by atoms with Crippen LogP contribution in [0.5, 0.6) is 0 Å².